The molecule has 5 aliphatic rings. The van der Waals surface area contributed by atoms with Crippen LogP contribution in [0, 0.1) is 52.3 Å². The normalized spacial score (nSPS) is 53.1. The van der Waals surface area contributed by atoms with Gasteiger partial charge in [-0.05, 0) is 104 Å². The molecular weight excluding hydrogens is 340 g/mol. The zero-order valence-corrected chi connectivity index (χ0v) is 19.4. The molecule has 4 aliphatic carbocycles. The van der Waals surface area contributed by atoms with E-state index >= 15 is 0 Å². The van der Waals surface area contributed by atoms with Crippen molar-refractivity contribution in [2.24, 2.45) is 52.3 Å². The van der Waals surface area contributed by atoms with Crippen molar-refractivity contribution in [1.29, 1.82) is 0 Å². The van der Waals surface area contributed by atoms with Crippen molar-refractivity contribution < 1.29 is 4.74 Å². The number of rotatable bonds is 5. The number of epoxide rings is 1. The van der Waals surface area contributed by atoms with E-state index in [0.717, 1.165) is 41.4 Å². The molecule has 5 fully saturated rings. The molecule has 1 aliphatic heterocycles. The van der Waals surface area contributed by atoms with Gasteiger partial charge in [-0.3, -0.25) is 0 Å². The predicted molar refractivity (Wildman–Crippen MR) is 117 cm³/mol. The summed E-state index contributed by atoms with van der Waals surface area (Å²) in [7, 11) is 0. The van der Waals surface area contributed by atoms with Gasteiger partial charge in [-0.2, -0.15) is 0 Å². The lowest BCUT2D eigenvalue weighted by Gasteiger charge is -2.60. The van der Waals surface area contributed by atoms with Crippen LogP contribution in [0.15, 0.2) is 0 Å². The first kappa shape index (κ1) is 19.9. The lowest BCUT2D eigenvalue weighted by Crippen LogP contribution is -2.54. The smallest absolute Gasteiger partial charge is 0.0847 e. The molecule has 0 amide bonds. The Hall–Kier alpha value is -0.0400. The molecule has 0 aromatic rings. The Morgan fingerprint density at radius 3 is 2.43 bits per heavy atom. The van der Waals surface area contributed by atoms with E-state index in [1.807, 2.05) is 0 Å². The predicted octanol–water partition coefficient (Wildman–Crippen LogP) is 7.49. The summed E-state index contributed by atoms with van der Waals surface area (Å²) >= 11 is 0. The maximum Gasteiger partial charge on any atom is 0.0847 e. The third kappa shape index (κ3) is 3.04. The monoisotopic (exact) mass is 386 g/mol. The second-order valence-corrected chi connectivity index (χ2v) is 12.8. The van der Waals surface area contributed by atoms with Gasteiger partial charge < -0.3 is 4.74 Å². The highest BCUT2D eigenvalue weighted by atomic mass is 16.6. The largest absolute Gasteiger partial charge is 0.370 e. The first-order valence-electron chi connectivity index (χ1n) is 13.0. The highest BCUT2D eigenvalue weighted by Crippen LogP contribution is 2.69. The summed E-state index contributed by atoms with van der Waals surface area (Å²) in [5.41, 5.74) is 1.25. The van der Waals surface area contributed by atoms with Crippen molar-refractivity contribution in [3.05, 3.63) is 0 Å². The lowest BCUT2D eigenvalue weighted by molar-refractivity contribution is -0.110. The summed E-state index contributed by atoms with van der Waals surface area (Å²) in [5, 5.41) is 0. The van der Waals surface area contributed by atoms with Gasteiger partial charge in [0.1, 0.15) is 0 Å². The van der Waals surface area contributed by atoms with Gasteiger partial charge in [0.15, 0.2) is 0 Å². The number of hydrogen-bond donors (Lipinski definition) is 0. The van der Waals surface area contributed by atoms with Crippen LogP contribution in [0.1, 0.15) is 105 Å². The van der Waals surface area contributed by atoms with Gasteiger partial charge in [-0.25, -0.2) is 0 Å². The number of ether oxygens (including phenoxy) is 1. The molecule has 0 radical (unpaired) electrons. The van der Waals surface area contributed by atoms with E-state index in [2.05, 4.69) is 34.6 Å². The van der Waals surface area contributed by atoms with Crippen LogP contribution in [-0.2, 0) is 4.74 Å². The van der Waals surface area contributed by atoms with Gasteiger partial charge in [0.25, 0.3) is 0 Å². The summed E-state index contributed by atoms with van der Waals surface area (Å²) in [6.45, 7) is 12.8. The van der Waals surface area contributed by atoms with Gasteiger partial charge in [-0.1, -0.05) is 53.9 Å². The molecule has 0 unspecified atom stereocenters. The van der Waals surface area contributed by atoms with Crippen molar-refractivity contribution >= 4 is 0 Å². The SMILES string of the molecule is CC(C)CCC[C@@H](C)[C@@H]1CC[C@@H]2[C@@H]3CC[C@H]4C[C@@H]5O[C@@H]5C[C@]4(C)[C@@H]3CC[C@@]21C. The van der Waals surface area contributed by atoms with Crippen LogP contribution < -0.4 is 0 Å². The molecule has 1 saturated heterocycles. The summed E-state index contributed by atoms with van der Waals surface area (Å²) in [4.78, 5) is 0. The van der Waals surface area contributed by atoms with Crippen LogP contribution in [0.3, 0.4) is 0 Å². The Labute approximate surface area is 174 Å². The molecular formula is C27H46O. The maximum atomic E-state index is 6.02. The van der Waals surface area contributed by atoms with Gasteiger partial charge in [0.2, 0.25) is 0 Å². The fourth-order valence-electron chi connectivity index (χ4n) is 9.54. The van der Waals surface area contributed by atoms with Crippen LogP contribution in [0.4, 0.5) is 0 Å². The van der Waals surface area contributed by atoms with E-state index < -0.39 is 0 Å². The summed E-state index contributed by atoms with van der Waals surface area (Å²) in [5.74, 6) is 6.84. The van der Waals surface area contributed by atoms with Crippen molar-refractivity contribution in [1.82, 2.24) is 0 Å². The highest BCUT2D eigenvalue weighted by molar-refractivity contribution is 5.12. The van der Waals surface area contributed by atoms with Crippen LogP contribution in [0.25, 0.3) is 0 Å². The van der Waals surface area contributed by atoms with Crippen LogP contribution >= 0.6 is 0 Å². The van der Waals surface area contributed by atoms with Crippen molar-refractivity contribution in [3.63, 3.8) is 0 Å². The first-order chi connectivity index (χ1) is 13.3. The number of fused-ring (bicyclic) bond motifs is 6. The van der Waals surface area contributed by atoms with Crippen LogP contribution in [-0.4, -0.2) is 12.2 Å². The van der Waals surface area contributed by atoms with Gasteiger partial charge in [-0.15, -0.1) is 0 Å². The molecule has 160 valence electrons. The Bertz CT molecular complexity index is 583. The second-order valence-electron chi connectivity index (χ2n) is 12.8. The van der Waals surface area contributed by atoms with E-state index in [0.29, 0.717) is 23.0 Å². The second kappa shape index (κ2) is 7.00. The van der Waals surface area contributed by atoms with Crippen molar-refractivity contribution in [2.75, 3.05) is 0 Å². The van der Waals surface area contributed by atoms with Crippen molar-refractivity contribution in [2.45, 2.75) is 117 Å². The summed E-state index contributed by atoms with van der Waals surface area (Å²) in [6, 6.07) is 0. The van der Waals surface area contributed by atoms with E-state index in [1.54, 1.807) is 6.42 Å². The average molecular weight is 387 g/mol. The number of hydrogen-bond acceptors (Lipinski definition) is 1. The Kier molecular flexibility index (Phi) is 4.97. The summed E-state index contributed by atoms with van der Waals surface area (Å²) < 4.78 is 6.02. The quantitative estimate of drug-likeness (QED) is 0.446. The standard InChI is InChI=1S/C27H46O/c1-17(2)7-6-8-18(3)21-11-12-22-20-10-9-19-15-24-25(28-24)16-27(19,5)23(20)13-14-26(21,22)4/h17-25H,6-16H2,1-5H3/t18-,19+,20+,21+,22-,23-,24+,25-,26-,27+/m1/s1. The Morgan fingerprint density at radius 1 is 0.857 bits per heavy atom. The van der Waals surface area contributed by atoms with E-state index in [-0.39, 0.29) is 0 Å². The summed E-state index contributed by atoms with van der Waals surface area (Å²) in [6.07, 6.45) is 17.6. The van der Waals surface area contributed by atoms with Crippen LogP contribution in [0.5, 0.6) is 0 Å². The zero-order valence-electron chi connectivity index (χ0n) is 19.4. The minimum atomic E-state index is 0.600. The van der Waals surface area contributed by atoms with E-state index in [9.17, 15) is 0 Å². The first-order valence-corrected chi connectivity index (χ1v) is 13.0. The minimum absolute atomic E-state index is 0.600. The third-order valence-corrected chi connectivity index (χ3v) is 11.1. The molecule has 0 aromatic carbocycles. The molecule has 28 heavy (non-hydrogen) atoms. The molecule has 1 heterocycles. The minimum Gasteiger partial charge on any atom is -0.370 e. The fourth-order valence-corrected chi connectivity index (χ4v) is 9.54. The van der Waals surface area contributed by atoms with E-state index in [4.69, 9.17) is 4.74 Å². The Balaban J connectivity index is 1.30. The molecule has 1 nitrogen and oxygen atoms in total. The average Bonchev–Trinajstić information content (AvgIpc) is 3.27. The molecule has 0 bridgehead atoms. The van der Waals surface area contributed by atoms with Crippen LogP contribution in [0.2, 0.25) is 0 Å². The third-order valence-electron chi connectivity index (χ3n) is 11.1. The van der Waals surface area contributed by atoms with Crippen molar-refractivity contribution in [3.8, 4) is 0 Å². The van der Waals surface area contributed by atoms with E-state index in [1.165, 1.54) is 64.2 Å². The topological polar surface area (TPSA) is 12.5 Å². The maximum absolute atomic E-state index is 6.02. The molecule has 0 aromatic heterocycles. The fraction of sp³-hybridized carbons (Fsp3) is 1.00. The van der Waals surface area contributed by atoms with Gasteiger partial charge in [0.05, 0.1) is 12.2 Å². The molecule has 0 spiro atoms. The highest BCUT2D eigenvalue weighted by Gasteiger charge is 2.63. The molecule has 10 atom stereocenters. The zero-order chi connectivity index (χ0) is 19.7. The molecule has 5 rings (SSSR count). The lowest BCUT2D eigenvalue weighted by atomic mass is 9.44. The van der Waals surface area contributed by atoms with Gasteiger partial charge >= 0.3 is 0 Å². The molecule has 1 heteroatoms. The molecule has 4 saturated carbocycles. The van der Waals surface area contributed by atoms with Gasteiger partial charge in [0, 0.05) is 0 Å². The molecule has 0 N–H and O–H groups in total. The Morgan fingerprint density at radius 2 is 1.64 bits per heavy atom.